The van der Waals surface area contributed by atoms with Gasteiger partial charge in [0.25, 0.3) is 0 Å². The van der Waals surface area contributed by atoms with Gasteiger partial charge in [-0.2, -0.15) is 18.2 Å². The Kier molecular flexibility index (Phi) is 8.47. The monoisotopic (exact) mass is 581 g/mol. The maximum atomic E-state index is 13.5. The van der Waals surface area contributed by atoms with Gasteiger partial charge in [-0.05, 0) is 57.3 Å². The molecule has 0 radical (unpaired) electrons. The summed E-state index contributed by atoms with van der Waals surface area (Å²) in [5, 5.41) is 11.2. The van der Waals surface area contributed by atoms with Crippen LogP contribution in [0.2, 0.25) is 0 Å². The fraction of sp³-hybridized carbons (Fsp3) is 0.394. The lowest BCUT2D eigenvalue weighted by molar-refractivity contribution is -0.169. The van der Waals surface area contributed by atoms with Crippen molar-refractivity contribution in [2.45, 2.75) is 77.7 Å². The fourth-order valence-electron chi connectivity index (χ4n) is 5.13. The van der Waals surface area contributed by atoms with Gasteiger partial charge in [-0.25, -0.2) is 0 Å². The lowest BCUT2D eigenvalue weighted by atomic mass is 9.78. The van der Waals surface area contributed by atoms with Gasteiger partial charge in [-0.1, -0.05) is 84.0 Å². The number of amides is 1. The van der Waals surface area contributed by atoms with Gasteiger partial charge in [-0.15, -0.1) is 0 Å². The maximum absolute atomic E-state index is 13.5. The van der Waals surface area contributed by atoms with E-state index in [4.69, 9.17) is 4.74 Å². The third kappa shape index (κ3) is 6.46. The van der Waals surface area contributed by atoms with E-state index in [9.17, 15) is 23.1 Å². The summed E-state index contributed by atoms with van der Waals surface area (Å²) in [6.45, 7) is 12.3. The van der Waals surface area contributed by atoms with E-state index in [2.05, 4.69) is 4.99 Å². The van der Waals surface area contributed by atoms with Crippen molar-refractivity contribution in [1.82, 2.24) is 9.13 Å². The summed E-state index contributed by atoms with van der Waals surface area (Å²) in [7, 11) is 1.53. The number of hydrogen-bond acceptors (Lipinski definition) is 3. The van der Waals surface area contributed by atoms with Gasteiger partial charge in [0.15, 0.2) is 0 Å². The first-order valence-corrected chi connectivity index (χ1v) is 13.8. The van der Waals surface area contributed by atoms with E-state index < -0.39 is 29.0 Å². The summed E-state index contributed by atoms with van der Waals surface area (Å²) >= 11 is 0. The Labute approximate surface area is 244 Å². The average molecular weight is 582 g/mol. The lowest BCUT2D eigenvalue weighted by Crippen LogP contribution is -2.33. The second-order valence-electron chi connectivity index (χ2n) is 12.6. The minimum Gasteiger partial charge on any atom is -0.507 e. The number of rotatable bonds is 6. The van der Waals surface area contributed by atoms with Crippen molar-refractivity contribution in [2.24, 2.45) is 4.99 Å². The molecule has 1 aromatic heterocycles. The second-order valence-corrected chi connectivity index (χ2v) is 12.6. The molecule has 6 nitrogen and oxygen atoms in total. The highest BCUT2D eigenvalue weighted by Crippen LogP contribution is 2.41. The molecular weight excluding hydrogens is 543 g/mol. The zero-order valence-corrected chi connectivity index (χ0v) is 25.1. The highest BCUT2D eigenvalue weighted by molar-refractivity contribution is 5.83. The number of carbonyl (C=O) groups is 1. The van der Waals surface area contributed by atoms with Gasteiger partial charge in [0, 0.05) is 7.11 Å². The average Bonchev–Trinajstić information content (AvgIpc) is 3.18. The number of halogens is 3. The van der Waals surface area contributed by atoms with Crippen LogP contribution < -0.4 is 5.62 Å². The first-order chi connectivity index (χ1) is 19.5. The molecule has 1 heterocycles. The van der Waals surface area contributed by atoms with Crippen LogP contribution in [-0.2, 0) is 33.5 Å². The number of methoxy groups -OCH3 is 1. The molecule has 0 aliphatic carbocycles. The van der Waals surface area contributed by atoms with E-state index in [-0.39, 0.29) is 24.5 Å². The first-order valence-electron chi connectivity index (χ1n) is 13.8. The number of fused-ring (bicyclic) bond motifs is 1. The summed E-state index contributed by atoms with van der Waals surface area (Å²) in [6, 6.07) is 20.2. The summed E-state index contributed by atoms with van der Waals surface area (Å²) in [6.07, 6.45) is -5.77. The van der Waals surface area contributed by atoms with Crippen molar-refractivity contribution in [2.75, 3.05) is 7.11 Å². The predicted octanol–water partition coefficient (Wildman–Crippen LogP) is 7.17. The SMILES string of the molecule is COC(Cn1c(=NC(=O)C(F)(F)F)n(Cc2ccccc2)c2ccccc21)c1cc(C(C)(C)C)c(O)c(C(C)(C)C)c1. The summed E-state index contributed by atoms with van der Waals surface area (Å²) in [5.41, 5.74) is 3.39. The lowest BCUT2D eigenvalue weighted by Gasteiger charge is -2.30. The molecule has 0 fully saturated rings. The van der Waals surface area contributed by atoms with Crippen molar-refractivity contribution in [3.8, 4) is 5.75 Å². The normalized spacial score (nSPS) is 14.0. The molecule has 1 amide bonds. The molecule has 4 rings (SSSR count). The van der Waals surface area contributed by atoms with Gasteiger partial charge in [0.1, 0.15) is 11.9 Å². The van der Waals surface area contributed by atoms with Crippen LogP contribution in [0, 0.1) is 0 Å². The number of aromatic hydroxyl groups is 1. The molecule has 0 saturated carbocycles. The molecule has 0 saturated heterocycles. The molecule has 3 aromatic carbocycles. The van der Waals surface area contributed by atoms with Crippen LogP contribution in [0.3, 0.4) is 0 Å². The number of phenolic OH excluding ortho intramolecular Hbond substituents is 1. The van der Waals surface area contributed by atoms with Crippen LogP contribution in [0.25, 0.3) is 11.0 Å². The number of nitrogens with zero attached hydrogens (tertiary/aromatic N) is 3. The van der Waals surface area contributed by atoms with Crippen LogP contribution in [0.15, 0.2) is 71.7 Å². The zero-order chi connectivity index (χ0) is 31.0. The Morgan fingerprint density at radius 1 is 0.857 bits per heavy atom. The summed E-state index contributed by atoms with van der Waals surface area (Å²) in [5.74, 6) is -1.97. The van der Waals surface area contributed by atoms with Crippen molar-refractivity contribution in [3.05, 3.63) is 94.6 Å². The first kappa shape index (κ1) is 31.1. The van der Waals surface area contributed by atoms with Crippen LogP contribution in [0.5, 0.6) is 5.75 Å². The maximum Gasteiger partial charge on any atom is 0.473 e. The number of imidazole rings is 1. The molecular formula is C33H38F3N3O3. The molecule has 0 spiro atoms. The van der Waals surface area contributed by atoms with E-state index in [1.54, 1.807) is 33.4 Å². The molecule has 1 atom stereocenters. The van der Waals surface area contributed by atoms with Gasteiger partial charge in [0.2, 0.25) is 5.62 Å². The van der Waals surface area contributed by atoms with E-state index >= 15 is 0 Å². The van der Waals surface area contributed by atoms with Gasteiger partial charge >= 0.3 is 12.1 Å². The van der Waals surface area contributed by atoms with Crippen LogP contribution >= 0.6 is 0 Å². The number of benzene rings is 3. The van der Waals surface area contributed by atoms with Gasteiger partial charge in [-0.3, -0.25) is 4.79 Å². The Bertz CT molecular complexity index is 1620. The molecule has 9 heteroatoms. The molecule has 42 heavy (non-hydrogen) atoms. The second kappa shape index (κ2) is 11.4. The quantitative estimate of drug-likeness (QED) is 0.263. The molecule has 1 unspecified atom stereocenters. The summed E-state index contributed by atoms with van der Waals surface area (Å²) < 4.78 is 49.7. The molecule has 0 aliphatic rings. The number of carbonyl (C=O) groups excluding carboxylic acids is 1. The van der Waals surface area contributed by atoms with E-state index in [0.29, 0.717) is 11.0 Å². The highest BCUT2D eigenvalue weighted by atomic mass is 19.4. The molecule has 0 bridgehead atoms. The van der Waals surface area contributed by atoms with Crippen LogP contribution in [0.4, 0.5) is 13.2 Å². The Morgan fingerprint density at radius 3 is 1.83 bits per heavy atom. The Hall–Kier alpha value is -3.85. The molecule has 224 valence electrons. The summed E-state index contributed by atoms with van der Waals surface area (Å²) in [4.78, 5) is 15.9. The zero-order valence-electron chi connectivity index (χ0n) is 25.1. The van der Waals surface area contributed by atoms with E-state index in [1.165, 1.54) is 7.11 Å². The number of aromatic nitrogens is 2. The third-order valence-corrected chi connectivity index (χ3v) is 7.33. The predicted molar refractivity (Wildman–Crippen MR) is 157 cm³/mol. The molecule has 1 N–H and O–H groups in total. The standard InChI is InChI=1S/C33H38F3N3O3/c1-31(2,3)23-17-22(18-24(28(23)40)32(4,5)6)27(42-7)20-39-26-16-12-11-15-25(26)38(19-21-13-9-8-10-14-21)30(39)37-29(41)33(34,35)36/h8-18,27,40H,19-20H2,1-7H3. The van der Waals surface area contributed by atoms with Crippen molar-refractivity contribution >= 4 is 16.9 Å². The van der Waals surface area contributed by atoms with Crippen molar-refractivity contribution in [3.63, 3.8) is 0 Å². The Morgan fingerprint density at radius 2 is 1.36 bits per heavy atom. The number of phenols is 1. The molecule has 4 aromatic rings. The highest BCUT2D eigenvalue weighted by Gasteiger charge is 2.39. The minimum absolute atomic E-state index is 0.0702. The third-order valence-electron chi connectivity index (χ3n) is 7.33. The molecule has 0 aliphatic heterocycles. The van der Waals surface area contributed by atoms with E-state index in [0.717, 1.165) is 22.3 Å². The van der Waals surface area contributed by atoms with Gasteiger partial charge < -0.3 is 19.0 Å². The number of alkyl halides is 3. The van der Waals surface area contributed by atoms with Crippen molar-refractivity contribution in [1.29, 1.82) is 0 Å². The van der Waals surface area contributed by atoms with Crippen LogP contribution in [-0.4, -0.2) is 33.4 Å². The number of hydrogen-bond donors (Lipinski definition) is 1. The van der Waals surface area contributed by atoms with Crippen LogP contribution in [0.1, 0.15) is 69.9 Å². The van der Waals surface area contributed by atoms with Gasteiger partial charge in [0.05, 0.1) is 24.1 Å². The Balaban J connectivity index is 1.97. The minimum atomic E-state index is -5.13. The van der Waals surface area contributed by atoms with Crippen molar-refractivity contribution < 1.29 is 27.8 Å². The van der Waals surface area contributed by atoms with E-state index in [1.807, 2.05) is 84.0 Å². The fourth-order valence-corrected chi connectivity index (χ4v) is 5.13. The number of ether oxygens (including phenoxy) is 1. The topological polar surface area (TPSA) is 68.8 Å². The smallest absolute Gasteiger partial charge is 0.473 e. The largest absolute Gasteiger partial charge is 0.507 e. The number of para-hydroxylation sites is 2.